The molecule has 0 saturated heterocycles. The van der Waals surface area contributed by atoms with Crippen molar-refractivity contribution in [2.45, 2.75) is 6.92 Å². The zero-order chi connectivity index (χ0) is 16.7. The molecule has 0 saturated carbocycles. The highest BCUT2D eigenvalue weighted by molar-refractivity contribution is 6.35. The zero-order valence-corrected chi connectivity index (χ0v) is 13.8. The number of furan rings is 1. The molecule has 1 heterocycles. The normalized spacial score (nSPS) is 11.3. The van der Waals surface area contributed by atoms with Gasteiger partial charge in [-0.1, -0.05) is 23.2 Å². The van der Waals surface area contributed by atoms with Crippen LogP contribution in [0, 0.1) is 6.92 Å². The van der Waals surface area contributed by atoms with E-state index in [9.17, 15) is 4.79 Å². The Morgan fingerprint density at radius 2 is 2.17 bits per heavy atom. The summed E-state index contributed by atoms with van der Waals surface area (Å²) in [7, 11) is 0. The smallest absolute Gasteiger partial charge is 0.277 e. The highest BCUT2D eigenvalue weighted by Gasteiger charge is 2.05. The summed E-state index contributed by atoms with van der Waals surface area (Å²) in [5, 5.41) is 4.59. The van der Waals surface area contributed by atoms with Crippen LogP contribution in [-0.4, -0.2) is 18.7 Å². The van der Waals surface area contributed by atoms with Gasteiger partial charge in [-0.2, -0.15) is 5.10 Å². The molecule has 1 amide bonds. The van der Waals surface area contributed by atoms with Gasteiger partial charge in [0.15, 0.2) is 6.61 Å². The molecule has 0 fully saturated rings. The first-order valence-electron chi connectivity index (χ1n) is 6.67. The summed E-state index contributed by atoms with van der Waals surface area (Å²) in [5.41, 5.74) is 2.33. The van der Waals surface area contributed by atoms with Crippen LogP contribution in [0.4, 0.5) is 0 Å². The number of ether oxygens (including phenoxy) is 1. The molecule has 1 aromatic carbocycles. The van der Waals surface area contributed by atoms with E-state index >= 15 is 0 Å². The number of allylic oxidation sites excluding steroid dienone is 1. The molecule has 0 aliphatic carbocycles. The Bertz CT molecular complexity index is 739. The van der Waals surface area contributed by atoms with Gasteiger partial charge in [-0.15, -0.1) is 0 Å². The van der Waals surface area contributed by atoms with Crippen LogP contribution in [0.2, 0.25) is 10.0 Å². The maximum absolute atomic E-state index is 11.6. The van der Waals surface area contributed by atoms with E-state index in [0.717, 1.165) is 5.76 Å². The number of rotatable bonds is 6. The summed E-state index contributed by atoms with van der Waals surface area (Å²) < 4.78 is 10.6. The fraction of sp³-hybridized carbons (Fsp3) is 0.125. The molecule has 0 bridgehead atoms. The Morgan fingerprint density at radius 1 is 1.35 bits per heavy atom. The Morgan fingerprint density at radius 3 is 2.87 bits per heavy atom. The van der Waals surface area contributed by atoms with Crippen LogP contribution >= 0.6 is 23.2 Å². The van der Waals surface area contributed by atoms with Gasteiger partial charge in [-0.25, -0.2) is 5.43 Å². The number of aryl methyl sites for hydroxylation is 1. The molecule has 0 aliphatic rings. The molecule has 0 atom stereocenters. The summed E-state index contributed by atoms with van der Waals surface area (Å²) >= 11 is 11.7. The van der Waals surface area contributed by atoms with Crippen molar-refractivity contribution in [2.75, 3.05) is 6.61 Å². The van der Waals surface area contributed by atoms with Gasteiger partial charge in [0.1, 0.15) is 17.3 Å². The van der Waals surface area contributed by atoms with E-state index in [-0.39, 0.29) is 6.61 Å². The summed E-state index contributed by atoms with van der Waals surface area (Å²) in [5.74, 6) is 1.51. The van der Waals surface area contributed by atoms with Crippen LogP contribution < -0.4 is 10.2 Å². The van der Waals surface area contributed by atoms with Crippen molar-refractivity contribution in [2.24, 2.45) is 5.10 Å². The molecule has 5 nitrogen and oxygen atoms in total. The van der Waals surface area contributed by atoms with E-state index in [2.05, 4.69) is 10.5 Å². The second kappa shape index (κ2) is 8.41. The van der Waals surface area contributed by atoms with Crippen molar-refractivity contribution in [1.29, 1.82) is 0 Å². The Balaban J connectivity index is 1.74. The zero-order valence-electron chi connectivity index (χ0n) is 12.3. The lowest BCUT2D eigenvalue weighted by atomic mass is 10.3. The number of carbonyl (C=O) groups is 1. The third kappa shape index (κ3) is 5.81. The van der Waals surface area contributed by atoms with E-state index in [0.29, 0.717) is 21.6 Å². The molecule has 0 spiro atoms. The molecule has 23 heavy (non-hydrogen) atoms. The Labute approximate surface area is 143 Å². The second-order valence-corrected chi connectivity index (χ2v) is 5.33. The van der Waals surface area contributed by atoms with E-state index in [1.165, 1.54) is 12.3 Å². The first kappa shape index (κ1) is 17.1. The quantitative estimate of drug-likeness (QED) is 0.628. The van der Waals surface area contributed by atoms with Crippen molar-refractivity contribution < 1.29 is 13.9 Å². The van der Waals surface area contributed by atoms with Crippen LogP contribution in [0.5, 0.6) is 5.75 Å². The van der Waals surface area contributed by atoms with E-state index in [4.69, 9.17) is 32.4 Å². The minimum Gasteiger partial charge on any atom is -0.482 e. The highest BCUT2D eigenvalue weighted by Crippen LogP contribution is 2.27. The number of amides is 1. The number of nitrogens with zero attached hydrogens (tertiary/aromatic N) is 1. The van der Waals surface area contributed by atoms with Gasteiger partial charge in [-0.05, 0) is 49.4 Å². The van der Waals surface area contributed by atoms with Gasteiger partial charge >= 0.3 is 0 Å². The monoisotopic (exact) mass is 352 g/mol. The standard InChI is InChI=1S/C16H14Cl2N2O3/c1-11-4-6-13(23-11)3-2-8-19-20-16(21)10-22-15-7-5-12(17)9-14(15)18/h2-9H,10H2,1H3,(H,20,21). The Kier molecular flexibility index (Phi) is 6.26. The number of benzene rings is 1. The molecule has 2 rings (SSSR count). The van der Waals surface area contributed by atoms with Gasteiger partial charge in [-0.3, -0.25) is 4.79 Å². The first-order chi connectivity index (χ1) is 11.0. The van der Waals surface area contributed by atoms with Crippen LogP contribution in [0.3, 0.4) is 0 Å². The molecule has 0 radical (unpaired) electrons. The molecular formula is C16H14Cl2N2O3. The lowest BCUT2D eigenvalue weighted by Crippen LogP contribution is -2.24. The topological polar surface area (TPSA) is 63.8 Å². The third-order valence-electron chi connectivity index (χ3n) is 2.62. The van der Waals surface area contributed by atoms with Gasteiger partial charge in [0, 0.05) is 11.2 Å². The highest BCUT2D eigenvalue weighted by atomic mass is 35.5. The number of hydrogen-bond acceptors (Lipinski definition) is 4. The van der Waals surface area contributed by atoms with Crippen LogP contribution in [-0.2, 0) is 4.79 Å². The predicted octanol–water partition coefficient (Wildman–Crippen LogP) is 4.09. The van der Waals surface area contributed by atoms with Crippen molar-refractivity contribution in [3.63, 3.8) is 0 Å². The average molecular weight is 353 g/mol. The molecular weight excluding hydrogens is 339 g/mol. The first-order valence-corrected chi connectivity index (χ1v) is 7.43. The molecule has 0 aliphatic heterocycles. The number of halogens is 2. The fourth-order valence-electron chi connectivity index (χ4n) is 1.60. The molecule has 1 aromatic heterocycles. The average Bonchev–Trinajstić information content (AvgIpc) is 2.91. The predicted molar refractivity (Wildman–Crippen MR) is 91.1 cm³/mol. The largest absolute Gasteiger partial charge is 0.482 e. The van der Waals surface area contributed by atoms with Gasteiger partial charge in [0.25, 0.3) is 5.91 Å². The summed E-state index contributed by atoms with van der Waals surface area (Å²) in [6.45, 7) is 1.65. The SMILES string of the molecule is Cc1ccc(C=CC=NNC(=O)COc2ccc(Cl)cc2Cl)o1. The lowest BCUT2D eigenvalue weighted by Gasteiger charge is -2.06. The van der Waals surface area contributed by atoms with Crippen molar-refractivity contribution in [3.05, 3.63) is 58.0 Å². The van der Waals surface area contributed by atoms with Crippen molar-refractivity contribution in [1.82, 2.24) is 5.43 Å². The number of hydrogen-bond donors (Lipinski definition) is 1. The lowest BCUT2D eigenvalue weighted by molar-refractivity contribution is -0.123. The van der Waals surface area contributed by atoms with Gasteiger partial charge in [0.2, 0.25) is 0 Å². The minimum absolute atomic E-state index is 0.209. The summed E-state index contributed by atoms with van der Waals surface area (Å²) in [4.78, 5) is 11.6. The van der Waals surface area contributed by atoms with Gasteiger partial charge < -0.3 is 9.15 Å². The van der Waals surface area contributed by atoms with Crippen LogP contribution in [0.1, 0.15) is 11.5 Å². The van der Waals surface area contributed by atoms with Crippen molar-refractivity contribution >= 4 is 41.4 Å². The van der Waals surface area contributed by atoms with Crippen molar-refractivity contribution in [3.8, 4) is 5.75 Å². The molecule has 120 valence electrons. The van der Waals surface area contributed by atoms with Gasteiger partial charge in [0.05, 0.1) is 5.02 Å². The van der Waals surface area contributed by atoms with Crippen LogP contribution in [0.25, 0.3) is 6.08 Å². The third-order valence-corrected chi connectivity index (χ3v) is 3.15. The summed E-state index contributed by atoms with van der Waals surface area (Å²) in [6, 6.07) is 8.45. The molecule has 7 heteroatoms. The maximum atomic E-state index is 11.6. The number of carbonyl (C=O) groups excluding carboxylic acids is 1. The van der Waals surface area contributed by atoms with E-state index < -0.39 is 5.91 Å². The van der Waals surface area contributed by atoms with Crippen LogP contribution in [0.15, 0.2) is 45.9 Å². The molecule has 2 aromatic rings. The number of hydrazone groups is 1. The molecule has 0 unspecified atom stereocenters. The van der Waals surface area contributed by atoms with E-state index in [1.807, 2.05) is 19.1 Å². The minimum atomic E-state index is -0.408. The fourth-order valence-corrected chi connectivity index (χ4v) is 2.06. The Hall–Kier alpha value is -2.24. The second-order valence-electron chi connectivity index (χ2n) is 4.48. The van der Waals surface area contributed by atoms with E-state index in [1.54, 1.807) is 24.3 Å². The molecule has 1 N–H and O–H groups in total. The maximum Gasteiger partial charge on any atom is 0.277 e. The number of nitrogens with one attached hydrogen (secondary N) is 1. The summed E-state index contributed by atoms with van der Waals surface area (Å²) in [6.07, 6.45) is 4.81.